The van der Waals surface area contributed by atoms with E-state index in [1.807, 2.05) is 6.92 Å². The zero-order valence-corrected chi connectivity index (χ0v) is 8.19. The molecule has 1 aliphatic heterocycles. The van der Waals surface area contributed by atoms with Crippen molar-refractivity contribution < 1.29 is 9.53 Å². The minimum Gasteiger partial charge on any atom is -0.458 e. The third kappa shape index (κ3) is 2.68. The van der Waals surface area contributed by atoms with E-state index in [9.17, 15) is 4.79 Å². The van der Waals surface area contributed by atoms with Gasteiger partial charge in [-0.25, -0.2) is 0 Å². The van der Waals surface area contributed by atoms with E-state index in [1.165, 1.54) is 0 Å². The Balaban J connectivity index is 2.33. The highest BCUT2D eigenvalue weighted by molar-refractivity contribution is 7.80. The van der Waals surface area contributed by atoms with Gasteiger partial charge in [-0.1, -0.05) is 0 Å². The van der Waals surface area contributed by atoms with E-state index in [4.69, 9.17) is 4.74 Å². The van der Waals surface area contributed by atoms with Crippen LogP contribution in [0.25, 0.3) is 0 Å². The second kappa shape index (κ2) is 4.14. The minimum atomic E-state index is -0.278. The lowest BCUT2D eigenvalue weighted by molar-refractivity contribution is -0.155. The molecular weight excluding hydrogens is 174 g/mol. The molecular formula is C8H15NO2S. The number of nitrogens with one attached hydrogen (secondary N) is 1. The summed E-state index contributed by atoms with van der Waals surface area (Å²) < 4.78 is 5.29. The Bertz CT molecular complexity index is 166. The maximum atomic E-state index is 11.1. The van der Waals surface area contributed by atoms with Crippen molar-refractivity contribution in [1.82, 2.24) is 5.32 Å². The van der Waals surface area contributed by atoms with Crippen molar-refractivity contribution in [3.63, 3.8) is 0 Å². The first-order valence-corrected chi connectivity index (χ1v) is 4.83. The van der Waals surface area contributed by atoms with Crippen molar-refractivity contribution in [2.45, 2.75) is 25.4 Å². The van der Waals surface area contributed by atoms with E-state index >= 15 is 0 Å². The summed E-state index contributed by atoms with van der Waals surface area (Å²) in [5.41, 5.74) is -0.278. The number of hydrogen-bond donors (Lipinski definition) is 2. The summed E-state index contributed by atoms with van der Waals surface area (Å²) in [6, 6.07) is 0. The van der Waals surface area contributed by atoms with Crippen molar-refractivity contribution in [3.05, 3.63) is 0 Å². The van der Waals surface area contributed by atoms with E-state index < -0.39 is 0 Å². The molecule has 4 heteroatoms. The Morgan fingerprint density at radius 2 is 2.50 bits per heavy atom. The molecule has 12 heavy (non-hydrogen) atoms. The molecule has 1 rings (SSSR count). The molecule has 0 spiro atoms. The Kier molecular flexibility index (Phi) is 3.40. The van der Waals surface area contributed by atoms with Gasteiger partial charge in [-0.3, -0.25) is 4.79 Å². The summed E-state index contributed by atoms with van der Waals surface area (Å²) in [5.74, 6) is 0.415. The number of esters is 1. The van der Waals surface area contributed by atoms with Gasteiger partial charge in [0.1, 0.15) is 5.60 Å². The van der Waals surface area contributed by atoms with E-state index in [0.29, 0.717) is 12.2 Å². The largest absolute Gasteiger partial charge is 0.458 e. The second-order valence-electron chi connectivity index (χ2n) is 3.32. The van der Waals surface area contributed by atoms with Gasteiger partial charge < -0.3 is 10.1 Å². The van der Waals surface area contributed by atoms with Crippen LogP contribution in [0.4, 0.5) is 0 Å². The number of carbonyl (C=O) groups is 1. The first-order valence-electron chi connectivity index (χ1n) is 4.20. The third-order valence-corrected chi connectivity index (χ3v) is 2.23. The molecule has 1 fully saturated rings. The van der Waals surface area contributed by atoms with Gasteiger partial charge in [-0.05, 0) is 13.5 Å². The summed E-state index contributed by atoms with van der Waals surface area (Å²) in [6.45, 7) is 3.67. The zero-order valence-electron chi connectivity index (χ0n) is 7.30. The van der Waals surface area contributed by atoms with E-state index in [1.54, 1.807) is 0 Å². The molecule has 1 heterocycles. The third-order valence-electron chi connectivity index (χ3n) is 2.01. The van der Waals surface area contributed by atoms with Gasteiger partial charge in [0.15, 0.2) is 0 Å². The lowest BCUT2D eigenvalue weighted by Crippen LogP contribution is -2.33. The van der Waals surface area contributed by atoms with Crippen molar-refractivity contribution in [3.8, 4) is 0 Å². The lowest BCUT2D eigenvalue weighted by Gasteiger charge is -2.22. The molecule has 1 N–H and O–H groups in total. The number of ether oxygens (including phenoxy) is 1. The van der Waals surface area contributed by atoms with Gasteiger partial charge in [0.25, 0.3) is 0 Å². The standard InChI is InChI=1S/C8H15NO2S/c1-8(3-4-9-6-8)11-7(10)2-5-12/h9,12H,2-6H2,1H3. The first kappa shape index (κ1) is 9.86. The van der Waals surface area contributed by atoms with Gasteiger partial charge in [0.2, 0.25) is 0 Å². The number of thiol groups is 1. The lowest BCUT2D eigenvalue weighted by atomic mass is 10.1. The molecule has 0 aromatic rings. The molecule has 70 valence electrons. The number of carbonyl (C=O) groups excluding carboxylic acids is 1. The molecule has 0 aromatic heterocycles. The molecule has 1 aliphatic rings. The predicted octanol–water partition coefficient (Wildman–Crippen LogP) is 0.601. The van der Waals surface area contributed by atoms with Crippen LogP contribution in [0.3, 0.4) is 0 Å². The quantitative estimate of drug-likeness (QED) is 0.504. The van der Waals surface area contributed by atoms with Gasteiger partial charge in [0, 0.05) is 18.7 Å². The smallest absolute Gasteiger partial charge is 0.307 e. The van der Waals surface area contributed by atoms with Gasteiger partial charge in [-0.2, -0.15) is 12.6 Å². The molecule has 0 aromatic carbocycles. The van der Waals surface area contributed by atoms with Crippen molar-refractivity contribution in [2.24, 2.45) is 0 Å². The molecule has 0 saturated carbocycles. The highest BCUT2D eigenvalue weighted by atomic mass is 32.1. The summed E-state index contributed by atoms with van der Waals surface area (Å²) in [6.07, 6.45) is 1.31. The van der Waals surface area contributed by atoms with Crippen LogP contribution in [0.2, 0.25) is 0 Å². The summed E-state index contributed by atoms with van der Waals surface area (Å²) in [5, 5.41) is 3.16. The normalized spacial score (nSPS) is 28.8. The van der Waals surface area contributed by atoms with Crippen LogP contribution < -0.4 is 5.32 Å². The average molecular weight is 189 g/mol. The van der Waals surface area contributed by atoms with Crippen molar-refractivity contribution in [1.29, 1.82) is 0 Å². The molecule has 1 saturated heterocycles. The van der Waals surface area contributed by atoms with Crippen LogP contribution in [-0.4, -0.2) is 30.4 Å². The maximum absolute atomic E-state index is 11.1. The highest BCUT2D eigenvalue weighted by Gasteiger charge is 2.31. The van der Waals surface area contributed by atoms with E-state index in [2.05, 4.69) is 17.9 Å². The second-order valence-corrected chi connectivity index (χ2v) is 3.77. The summed E-state index contributed by atoms with van der Waals surface area (Å²) in [7, 11) is 0. The molecule has 0 bridgehead atoms. The van der Waals surface area contributed by atoms with Gasteiger partial charge in [-0.15, -0.1) is 0 Å². The maximum Gasteiger partial charge on any atom is 0.307 e. The van der Waals surface area contributed by atoms with Crippen LogP contribution in [0.15, 0.2) is 0 Å². The fraction of sp³-hybridized carbons (Fsp3) is 0.875. The molecule has 0 radical (unpaired) electrons. The molecule has 0 amide bonds. The predicted molar refractivity (Wildman–Crippen MR) is 50.5 cm³/mol. The SMILES string of the molecule is CC1(OC(=O)CCS)CCNC1. The molecule has 1 atom stereocenters. The fourth-order valence-corrected chi connectivity index (χ4v) is 1.48. The molecule has 0 aliphatic carbocycles. The Labute approximate surface area is 78.3 Å². The Hall–Kier alpha value is -0.220. The highest BCUT2D eigenvalue weighted by Crippen LogP contribution is 2.19. The van der Waals surface area contributed by atoms with Crippen LogP contribution in [0.5, 0.6) is 0 Å². The van der Waals surface area contributed by atoms with E-state index in [-0.39, 0.29) is 11.6 Å². The summed E-state index contributed by atoms with van der Waals surface area (Å²) >= 11 is 3.97. The van der Waals surface area contributed by atoms with Crippen molar-refractivity contribution in [2.75, 3.05) is 18.8 Å². The molecule has 3 nitrogen and oxygen atoms in total. The van der Waals surface area contributed by atoms with Crippen molar-refractivity contribution >= 4 is 18.6 Å². The Morgan fingerprint density at radius 1 is 1.75 bits per heavy atom. The van der Waals surface area contributed by atoms with Crippen LogP contribution in [-0.2, 0) is 9.53 Å². The fourth-order valence-electron chi connectivity index (χ4n) is 1.30. The van der Waals surface area contributed by atoms with Gasteiger partial charge >= 0.3 is 5.97 Å². The van der Waals surface area contributed by atoms with Crippen LogP contribution in [0, 0.1) is 0 Å². The van der Waals surface area contributed by atoms with Crippen LogP contribution in [0.1, 0.15) is 19.8 Å². The first-order chi connectivity index (χ1) is 5.66. The topological polar surface area (TPSA) is 38.3 Å². The summed E-state index contributed by atoms with van der Waals surface area (Å²) in [4.78, 5) is 11.1. The minimum absolute atomic E-state index is 0.142. The van der Waals surface area contributed by atoms with E-state index in [0.717, 1.165) is 19.5 Å². The Morgan fingerprint density at radius 3 is 3.00 bits per heavy atom. The zero-order chi connectivity index (χ0) is 9.03. The number of hydrogen-bond acceptors (Lipinski definition) is 4. The van der Waals surface area contributed by atoms with Crippen LogP contribution >= 0.6 is 12.6 Å². The average Bonchev–Trinajstić information content (AvgIpc) is 2.36. The molecule has 1 unspecified atom stereocenters. The number of rotatable bonds is 3. The monoisotopic (exact) mass is 189 g/mol. The van der Waals surface area contributed by atoms with Gasteiger partial charge in [0.05, 0.1) is 6.42 Å².